The molecular formula is C16H24N4O4. The lowest BCUT2D eigenvalue weighted by atomic mass is 10.2. The lowest BCUT2D eigenvalue weighted by Gasteiger charge is -2.17. The first-order chi connectivity index (χ1) is 11.3. The van der Waals surface area contributed by atoms with Crippen LogP contribution in [0.2, 0.25) is 0 Å². The van der Waals surface area contributed by atoms with E-state index in [-0.39, 0.29) is 31.1 Å². The Balaban J connectivity index is 2.42. The number of urea groups is 2. The van der Waals surface area contributed by atoms with E-state index >= 15 is 0 Å². The van der Waals surface area contributed by atoms with Crippen molar-refractivity contribution in [1.29, 1.82) is 0 Å². The summed E-state index contributed by atoms with van der Waals surface area (Å²) in [7, 11) is 1.54. The average molecular weight is 336 g/mol. The van der Waals surface area contributed by atoms with Crippen molar-refractivity contribution in [3.63, 3.8) is 0 Å². The molecule has 24 heavy (non-hydrogen) atoms. The Morgan fingerprint density at radius 3 is 2.33 bits per heavy atom. The molecule has 0 aromatic heterocycles. The van der Waals surface area contributed by atoms with Crippen LogP contribution in [-0.2, 0) is 11.3 Å². The molecule has 4 N–H and O–H groups in total. The molecule has 0 spiro atoms. The second-order valence-corrected chi connectivity index (χ2v) is 5.67. The number of hydrogen-bond donors (Lipinski definition) is 4. The van der Waals surface area contributed by atoms with Crippen LogP contribution in [0.15, 0.2) is 24.3 Å². The monoisotopic (exact) mass is 336 g/mol. The third-order valence-electron chi connectivity index (χ3n) is 3.08. The number of hydrogen-bond acceptors (Lipinski definition) is 3. The van der Waals surface area contributed by atoms with E-state index in [2.05, 4.69) is 16.0 Å². The van der Waals surface area contributed by atoms with Crippen LogP contribution in [0.4, 0.5) is 15.3 Å². The van der Waals surface area contributed by atoms with Crippen molar-refractivity contribution in [3.8, 4) is 0 Å². The van der Waals surface area contributed by atoms with Gasteiger partial charge in [0.1, 0.15) is 0 Å². The van der Waals surface area contributed by atoms with E-state index in [0.717, 1.165) is 5.56 Å². The molecule has 0 saturated heterocycles. The van der Waals surface area contributed by atoms with Crippen molar-refractivity contribution < 1.29 is 19.5 Å². The van der Waals surface area contributed by atoms with Crippen LogP contribution in [0.25, 0.3) is 0 Å². The molecule has 0 heterocycles. The molecule has 8 heteroatoms. The van der Waals surface area contributed by atoms with Gasteiger partial charge in [-0.3, -0.25) is 4.79 Å². The molecule has 132 valence electrons. The number of rotatable bonds is 7. The highest BCUT2D eigenvalue weighted by molar-refractivity contribution is 5.89. The maximum absolute atomic E-state index is 11.8. The van der Waals surface area contributed by atoms with Gasteiger partial charge in [0.15, 0.2) is 0 Å². The van der Waals surface area contributed by atoms with Gasteiger partial charge in [0.05, 0.1) is 6.42 Å². The predicted molar refractivity (Wildman–Crippen MR) is 90.9 cm³/mol. The molecule has 1 rings (SSSR count). The van der Waals surface area contributed by atoms with Gasteiger partial charge in [-0.1, -0.05) is 12.1 Å². The summed E-state index contributed by atoms with van der Waals surface area (Å²) in [6.45, 7) is 4.21. The third kappa shape index (κ3) is 7.48. The zero-order valence-corrected chi connectivity index (χ0v) is 14.1. The standard InChI is InChI=1S/C16H24N4O4/c1-11(2)18-15(23)19-13-6-4-12(5-7-13)10-17-16(24)20(3)9-8-14(21)22/h4-7,11H,8-10H2,1-3H3,(H,17,24)(H,21,22)(H2,18,19,23). The van der Waals surface area contributed by atoms with E-state index in [0.29, 0.717) is 12.2 Å². The highest BCUT2D eigenvalue weighted by atomic mass is 16.4. The highest BCUT2D eigenvalue weighted by Gasteiger charge is 2.09. The first-order valence-corrected chi connectivity index (χ1v) is 7.65. The lowest BCUT2D eigenvalue weighted by molar-refractivity contribution is -0.137. The Morgan fingerprint density at radius 1 is 1.17 bits per heavy atom. The molecule has 0 aliphatic rings. The van der Waals surface area contributed by atoms with Crippen LogP contribution < -0.4 is 16.0 Å². The van der Waals surface area contributed by atoms with Crippen molar-refractivity contribution in [3.05, 3.63) is 29.8 Å². The number of benzene rings is 1. The fourth-order valence-corrected chi connectivity index (χ4v) is 1.81. The summed E-state index contributed by atoms with van der Waals surface area (Å²) in [5.41, 5.74) is 1.52. The third-order valence-corrected chi connectivity index (χ3v) is 3.08. The van der Waals surface area contributed by atoms with Crippen molar-refractivity contribution in [2.75, 3.05) is 18.9 Å². The number of anilines is 1. The van der Waals surface area contributed by atoms with Gasteiger partial charge in [0.25, 0.3) is 0 Å². The minimum atomic E-state index is -0.945. The average Bonchev–Trinajstić information content (AvgIpc) is 2.50. The Kier molecular flexibility index (Phi) is 7.54. The van der Waals surface area contributed by atoms with E-state index in [1.807, 2.05) is 13.8 Å². The summed E-state index contributed by atoms with van der Waals surface area (Å²) in [5.74, 6) is -0.945. The molecule has 0 unspecified atom stereocenters. The number of carbonyl (C=O) groups is 3. The Hall–Kier alpha value is -2.77. The molecule has 0 aliphatic heterocycles. The largest absolute Gasteiger partial charge is 0.481 e. The SMILES string of the molecule is CC(C)NC(=O)Nc1ccc(CNC(=O)N(C)CCC(=O)O)cc1. The maximum Gasteiger partial charge on any atom is 0.319 e. The summed E-state index contributed by atoms with van der Waals surface area (Å²) in [6.07, 6.45) is -0.0945. The number of carboxylic acid groups (broad SMARTS) is 1. The minimum absolute atomic E-state index is 0.0533. The summed E-state index contributed by atoms with van der Waals surface area (Å²) in [5, 5.41) is 16.7. The van der Waals surface area contributed by atoms with Gasteiger partial charge in [-0.2, -0.15) is 0 Å². The number of amides is 4. The predicted octanol–water partition coefficient (Wildman–Crippen LogP) is 1.83. The van der Waals surface area contributed by atoms with Crippen molar-refractivity contribution >= 4 is 23.7 Å². The Bertz CT molecular complexity index is 572. The quantitative estimate of drug-likeness (QED) is 0.609. The van der Waals surface area contributed by atoms with Gasteiger partial charge in [-0.15, -0.1) is 0 Å². The molecule has 1 aromatic rings. The normalized spacial score (nSPS) is 10.2. The molecule has 1 aromatic carbocycles. The van der Waals surface area contributed by atoms with Gasteiger partial charge < -0.3 is 26.0 Å². The van der Waals surface area contributed by atoms with Crippen molar-refractivity contribution in [2.45, 2.75) is 32.9 Å². The van der Waals surface area contributed by atoms with Gasteiger partial charge in [0, 0.05) is 31.9 Å². The zero-order valence-electron chi connectivity index (χ0n) is 14.1. The van der Waals surface area contributed by atoms with Crippen LogP contribution >= 0.6 is 0 Å². The van der Waals surface area contributed by atoms with E-state index in [4.69, 9.17) is 5.11 Å². The molecule has 4 amide bonds. The zero-order chi connectivity index (χ0) is 18.1. The Labute approximate surface area is 141 Å². The smallest absolute Gasteiger partial charge is 0.319 e. The molecule has 0 bridgehead atoms. The van der Waals surface area contributed by atoms with Crippen LogP contribution in [0, 0.1) is 0 Å². The molecule has 0 saturated carbocycles. The molecule has 0 radical (unpaired) electrons. The maximum atomic E-state index is 11.8. The van der Waals surface area contributed by atoms with Gasteiger partial charge in [-0.05, 0) is 31.5 Å². The van der Waals surface area contributed by atoms with Gasteiger partial charge in [0.2, 0.25) is 0 Å². The second-order valence-electron chi connectivity index (χ2n) is 5.67. The van der Waals surface area contributed by atoms with Gasteiger partial charge in [-0.25, -0.2) is 9.59 Å². The number of carbonyl (C=O) groups excluding carboxylic acids is 2. The van der Waals surface area contributed by atoms with E-state index in [1.165, 1.54) is 4.90 Å². The second kappa shape index (κ2) is 9.39. The number of aliphatic carboxylic acids is 1. The molecule has 8 nitrogen and oxygen atoms in total. The fraction of sp³-hybridized carbons (Fsp3) is 0.438. The molecular weight excluding hydrogens is 312 g/mol. The van der Waals surface area contributed by atoms with E-state index in [1.54, 1.807) is 31.3 Å². The van der Waals surface area contributed by atoms with Crippen LogP contribution in [-0.4, -0.2) is 47.7 Å². The van der Waals surface area contributed by atoms with E-state index < -0.39 is 5.97 Å². The highest BCUT2D eigenvalue weighted by Crippen LogP contribution is 2.09. The number of carboxylic acids is 1. The van der Waals surface area contributed by atoms with Crippen LogP contribution in [0.1, 0.15) is 25.8 Å². The summed E-state index contributed by atoms with van der Waals surface area (Å²) < 4.78 is 0. The van der Waals surface area contributed by atoms with Gasteiger partial charge >= 0.3 is 18.0 Å². The van der Waals surface area contributed by atoms with E-state index in [9.17, 15) is 14.4 Å². The van der Waals surface area contributed by atoms with Crippen molar-refractivity contribution in [1.82, 2.24) is 15.5 Å². The molecule has 0 aliphatic carbocycles. The number of nitrogens with one attached hydrogen (secondary N) is 3. The lowest BCUT2D eigenvalue weighted by Crippen LogP contribution is -2.38. The molecule has 0 fully saturated rings. The number of nitrogens with zero attached hydrogens (tertiary/aromatic N) is 1. The van der Waals surface area contributed by atoms with Crippen LogP contribution in [0.5, 0.6) is 0 Å². The van der Waals surface area contributed by atoms with Crippen molar-refractivity contribution in [2.24, 2.45) is 0 Å². The topological polar surface area (TPSA) is 111 Å². The summed E-state index contributed by atoms with van der Waals surface area (Å²) in [6, 6.07) is 6.52. The first-order valence-electron chi connectivity index (χ1n) is 7.65. The Morgan fingerprint density at radius 2 is 1.79 bits per heavy atom. The summed E-state index contributed by atoms with van der Waals surface area (Å²) >= 11 is 0. The van der Waals surface area contributed by atoms with Crippen LogP contribution in [0.3, 0.4) is 0 Å². The summed E-state index contributed by atoms with van der Waals surface area (Å²) in [4.78, 5) is 35.2. The molecule has 0 atom stereocenters. The first kappa shape index (κ1) is 19.3. The minimum Gasteiger partial charge on any atom is -0.481 e. The fourth-order valence-electron chi connectivity index (χ4n) is 1.81.